The molecule has 2 aromatic carbocycles. The number of hydrogen-bond acceptors (Lipinski definition) is 6. The van der Waals surface area contributed by atoms with Crippen LogP contribution in [0.3, 0.4) is 0 Å². The van der Waals surface area contributed by atoms with E-state index in [9.17, 15) is 4.39 Å². The van der Waals surface area contributed by atoms with E-state index in [0.717, 1.165) is 5.56 Å². The quantitative estimate of drug-likeness (QED) is 0.572. The number of aromatic nitrogens is 4. The largest absolute Gasteiger partial charge is 0.420 e. The highest BCUT2D eigenvalue weighted by Gasteiger charge is 2.15. The van der Waals surface area contributed by atoms with Crippen molar-refractivity contribution >= 4 is 0 Å². The van der Waals surface area contributed by atoms with Gasteiger partial charge in [-0.15, -0.1) is 10.2 Å². The van der Waals surface area contributed by atoms with E-state index >= 15 is 0 Å². The molecule has 0 radical (unpaired) electrons. The standard InChI is InChI=1S/C17H11FN4O2/c18-13-9-5-4-8-12(13)16-19-14(24-22-16)10-15-20-21-17(23-15)11-6-2-1-3-7-11/h1-9H,10H2. The van der Waals surface area contributed by atoms with Crippen LogP contribution in [0.1, 0.15) is 11.8 Å². The van der Waals surface area contributed by atoms with Crippen molar-refractivity contribution in [1.29, 1.82) is 0 Å². The maximum atomic E-state index is 13.7. The van der Waals surface area contributed by atoms with Gasteiger partial charge in [-0.3, -0.25) is 0 Å². The molecule has 0 aliphatic rings. The third-order valence-corrected chi connectivity index (χ3v) is 3.37. The first-order valence-electron chi connectivity index (χ1n) is 7.25. The van der Waals surface area contributed by atoms with Crippen molar-refractivity contribution in [2.24, 2.45) is 0 Å². The van der Waals surface area contributed by atoms with Gasteiger partial charge in [0.15, 0.2) is 0 Å². The van der Waals surface area contributed by atoms with Crippen molar-refractivity contribution in [3.05, 3.63) is 72.2 Å². The highest BCUT2D eigenvalue weighted by molar-refractivity contribution is 5.55. The number of rotatable bonds is 4. The minimum atomic E-state index is -0.408. The lowest BCUT2D eigenvalue weighted by Gasteiger charge is -1.94. The Hall–Kier alpha value is -3.35. The maximum absolute atomic E-state index is 13.7. The zero-order valence-electron chi connectivity index (χ0n) is 12.4. The summed E-state index contributed by atoms with van der Waals surface area (Å²) >= 11 is 0. The van der Waals surface area contributed by atoms with Gasteiger partial charge in [0, 0.05) is 5.56 Å². The fourth-order valence-corrected chi connectivity index (χ4v) is 2.23. The van der Waals surface area contributed by atoms with Crippen LogP contribution in [0.25, 0.3) is 22.8 Å². The fraction of sp³-hybridized carbons (Fsp3) is 0.0588. The van der Waals surface area contributed by atoms with Gasteiger partial charge >= 0.3 is 0 Å². The average molecular weight is 322 g/mol. The molecule has 0 saturated carbocycles. The Bertz CT molecular complexity index is 965. The average Bonchev–Trinajstić information content (AvgIpc) is 3.26. The summed E-state index contributed by atoms with van der Waals surface area (Å²) in [6.45, 7) is 0. The van der Waals surface area contributed by atoms with E-state index in [4.69, 9.17) is 8.94 Å². The van der Waals surface area contributed by atoms with Crippen molar-refractivity contribution in [3.8, 4) is 22.8 Å². The Morgan fingerprint density at radius 1 is 0.875 bits per heavy atom. The van der Waals surface area contributed by atoms with E-state index < -0.39 is 5.82 Å². The molecule has 0 unspecified atom stereocenters. The van der Waals surface area contributed by atoms with Crippen LogP contribution in [0.5, 0.6) is 0 Å². The minimum Gasteiger partial charge on any atom is -0.420 e. The molecule has 2 heterocycles. The topological polar surface area (TPSA) is 77.8 Å². The molecule has 7 heteroatoms. The van der Waals surface area contributed by atoms with Crippen LogP contribution in [0, 0.1) is 5.82 Å². The first-order chi connectivity index (χ1) is 11.8. The summed E-state index contributed by atoms with van der Waals surface area (Å²) in [5.41, 5.74) is 1.11. The molecule has 0 atom stereocenters. The number of hydrogen-bond donors (Lipinski definition) is 0. The molecule has 118 valence electrons. The summed E-state index contributed by atoms with van der Waals surface area (Å²) in [6.07, 6.45) is 0.182. The zero-order valence-corrected chi connectivity index (χ0v) is 12.4. The van der Waals surface area contributed by atoms with Crippen LogP contribution >= 0.6 is 0 Å². The van der Waals surface area contributed by atoms with Gasteiger partial charge in [-0.05, 0) is 24.3 Å². The predicted molar refractivity (Wildman–Crippen MR) is 82.2 cm³/mol. The molecule has 6 nitrogen and oxygen atoms in total. The van der Waals surface area contributed by atoms with Crippen molar-refractivity contribution in [2.45, 2.75) is 6.42 Å². The van der Waals surface area contributed by atoms with Crippen LogP contribution in [0.15, 0.2) is 63.5 Å². The molecule has 0 amide bonds. The van der Waals surface area contributed by atoms with E-state index in [1.165, 1.54) is 6.07 Å². The van der Waals surface area contributed by atoms with E-state index in [0.29, 0.717) is 11.8 Å². The molecule has 0 aliphatic heterocycles. The van der Waals surface area contributed by atoms with Crippen molar-refractivity contribution in [2.75, 3.05) is 0 Å². The SMILES string of the molecule is Fc1ccccc1-c1noc(Cc2nnc(-c3ccccc3)o2)n1. The lowest BCUT2D eigenvalue weighted by atomic mass is 10.2. The number of nitrogens with zero attached hydrogens (tertiary/aromatic N) is 4. The summed E-state index contributed by atoms with van der Waals surface area (Å²) in [5, 5.41) is 11.8. The Kier molecular flexibility index (Phi) is 3.59. The van der Waals surface area contributed by atoms with Crippen LogP contribution in [0.2, 0.25) is 0 Å². The second kappa shape index (κ2) is 6.04. The first kappa shape index (κ1) is 14.3. The lowest BCUT2D eigenvalue weighted by Crippen LogP contribution is -1.90. The molecule has 0 bridgehead atoms. The van der Waals surface area contributed by atoms with Gasteiger partial charge in [0.2, 0.25) is 23.5 Å². The normalized spacial score (nSPS) is 10.9. The molecular formula is C17H11FN4O2. The lowest BCUT2D eigenvalue weighted by molar-refractivity contribution is 0.373. The van der Waals surface area contributed by atoms with E-state index in [-0.39, 0.29) is 23.7 Å². The van der Waals surface area contributed by atoms with Crippen molar-refractivity contribution in [1.82, 2.24) is 20.3 Å². The molecule has 0 spiro atoms. The molecule has 24 heavy (non-hydrogen) atoms. The molecule has 4 rings (SSSR count). The molecule has 2 aromatic heterocycles. The smallest absolute Gasteiger partial charge is 0.247 e. The number of halogens is 1. The Morgan fingerprint density at radius 3 is 2.50 bits per heavy atom. The van der Waals surface area contributed by atoms with E-state index in [1.54, 1.807) is 18.2 Å². The summed E-state index contributed by atoms with van der Waals surface area (Å²) in [4.78, 5) is 4.17. The summed E-state index contributed by atoms with van der Waals surface area (Å²) in [5.74, 6) is 0.813. The van der Waals surface area contributed by atoms with Gasteiger partial charge in [-0.2, -0.15) is 4.98 Å². The van der Waals surface area contributed by atoms with Gasteiger partial charge in [-0.25, -0.2) is 4.39 Å². The summed E-state index contributed by atoms with van der Waals surface area (Å²) in [7, 11) is 0. The first-order valence-corrected chi connectivity index (χ1v) is 7.25. The molecule has 0 saturated heterocycles. The molecule has 0 fully saturated rings. The predicted octanol–water partition coefficient (Wildman–Crippen LogP) is 3.52. The van der Waals surface area contributed by atoms with Crippen LogP contribution in [-0.4, -0.2) is 20.3 Å². The van der Waals surface area contributed by atoms with Crippen molar-refractivity contribution in [3.63, 3.8) is 0 Å². The highest BCUT2D eigenvalue weighted by Crippen LogP contribution is 2.21. The zero-order chi connectivity index (χ0) is 16.4. The second-order valence-electron chi connectivity index (χ2n) is 5.04. The van der Waals surface area contributed by atoms with E-state index in [2.05, 4.69) is 20.3 Å². The molecule has 0 N–H and O–H groups in total. The minimum absolute atomic E-state index is 0.182. The van der Waals surface area contributed by atoms with Gasteiger partial charge in [-0.1, -0.05) is 35.5 Å². The van der Waals surface area contributed by atoms with E-state index in [1.807, 2.05) is 30.3 Å². The van der Waals surface area contributed by atoms with Gasteiger partial charge in [0.25, 0.3) is 0 Å². The monoisotopic (exact) mass is 322 g/mol. The molecule has 0 aliphatic carbocycles. The Morgan fingerprint density at radius 2 is 1.67 bits per heavy atom. The van der Waals surface area contributed by atoms with Crippen LogP contribution < -0.4 is 0 Å². The van der Waals surface area contributed by atoms with Gasteiger partial charge < -0.3 is 8.94 Å². The Labute approximate surface area is 136 Å². The highest BCUT2D eigenvalue weighted by atomic mass is 19.1. The molecular weight excluding hydrogens is 311 g/mol. The summed E-state index contributed by atoms with van der Waals surface area (Å²) < 4.78 is 24.5. The van der Waals surface area contributed by atoms with Gasteiger partial charge in [0.1, 0.15) is 12.2 Å². The third kappa shape index (κ3) is 2.79. The Balaban J connectivity index is 1.55. The van der Waals surface area contributed by atoms with Crippen LogP contribution in [-0.2, 0) is 6.42 Å². The number of benzene rings is 2. The second-order valence-corrected chi connectivity index (χ2v) is 5.04. The molecule has 4 aromatic rings. The van der Waals surface area contributed by atoms with Gasteiger partial charge in [0.05, 0.1) is 5.56 Å². The van der Waals surface area contributed by atoms with Crippen LogP contribution in [0.4, 0.5) is 4.39 Å². The fourth-order valence-electron chi connectivity index (χ4n) is 2.23. The van der Waals surface area contributed by atoms with Crippen molar-refractivity contribution < 1.29 is 13.3 Å². The maximum Gasteiger partial charge on any atom is 0.247 e. The third-order valence-electron chi connectivity index (χ3n) is 3.37. The summed E-state index contributed by atoms with van der Waals surface area (Å²) in [6, 6.07) is 15.7.